The molecule has 0 saturated carbocycles. The van der Waals surface area contributed by atoms with Crippen molar-refractivity contribution in [2.45, 2.75) is 31.6 Å². The van der Waals surface area contributed by atoms with Gasteiger partial charge in [-0.3, -0.25) is 0 Å². The van der Waals surface area contributed by atoms with Crippen LogP contribution in [0.5, 0.6) is 0 Å². The van der Waals surface area contributed by atoms with Gasteiger partial charge in [0.15, 0.2) is 0 Å². The minimum Gasteiger partial charge on any atom is -0.399 e. The number of benzene rings is 1. The lowest BCUT2D eigenvalue weighted by molar-refractivity contribution is 0.476. The first-order valence-corrected chi connectivity index (χ1v) is 9.48. The van der Waals surface area contributed by atoms with Gasteiger partial charge < -0.3 is 5.73 Å². The van der Waals surface area contributed by atoms with Crippen LogP contribution in [0.1, 0.15) is 24.0 Å². The molecule has 4 nitrogen and oxygen atoms in total. The fraction of sp³-hybridized carbons (Fsp3) is 0.571. The van der Waals surface area contributed by atoms with E-state index in [2.05, 4.69) is 4.72 Å². The smallest absolute Gasteiger partial charge is 0.240 e. The Hall–Kier alpha value is -0.720. The van der Waals surface area contributed by atoms with Gasteiger partial charge in [-0.05, 0) is 67.4 Å². The van der Waals surface area contributed by atoms with Crippen LogP contribution in [-0.2, 0) is 10.0 Å². The first-order chi connectivity index (χ1) is 9.40. The number of anilines is 1. The number of rotatable bonds is 4. The summed E-state index contributed by atoms with van der Waals surface area (Å²) in [5, 5.41) is 0. The summed E-state index contributed by atoms with van der Waals surface area (Å²) in [6, 6.07) is 3.34. The molecule has 1 saturated heterocycles. The van der Waals surface area contributed by atoms with E-state index in [1.54, 1.807) is 12.1 Å². The highest BCUT2D eigenvalue weighted by Crippen LogP contribution is 2.24. The summed E-state index contributed by atoms with van der Waals surface area (Å²) < 4.78 is 27.6. The summed E-state index contributed by atoms with van der Waals surface area (Å²) in [5.74, 6) is 2.71. The molecule has 6 heteroatoms. The quantitative estimate of drug-likeness (QED) is 0.837. The van der Waals surface area contributed by atoms with Crippen LogP contribution in [0, 0.1) is 19.8 Å². The van der Waals surface area contributed by atoms with Crippen LogP contribution in [0.2, 0.25) is 0 Å². The zero-order chi connectivity index (χ0) is 14.8. The van der Waals surface area contributed by atoms with Gasteiger partial charge in [-0.15, -0.1) is 0 Å². The zero-order valence-corrected chi connectivity index (χ0v) is 13.6. The molecule has 1 heterocycles. The molecule has 1 aromatic rings. The predicted octanol–water partition coefficient (Wildman–Crippen LogP) is 2.31. The summed E-state index contributed by atoms with van der Waals surface area (Å²) in [6.07, 6.45) is 2.17. The van der Waals surface area contributed by atoms with Gasteiger partial charge in [0.1, 0.15) is 0 Å². The van der Waals surface area contributed by atoms with E-state index in [0.717, 1.165) is 35.5 Å². The Labute approximate surface area is 125 Å². The highest BCUT2D eigenvalue weighted by molar-refractivity contribution is 7.99. The van der Waals surface area contributed by atoms with Crippen molar-refractivity contribution in [1.29, 1.82) is 0 Å². The van der Waals surface area contributed by atoms with Gasteiger partial charge >= 0.3 is 0 Å². The first kappa shape index (κ1) is 15.7. The molecular formula is C14H22N2O2S2. The lowest BCUT2D eigenvalue weighted by Gasteiger charge is -2.22. The van der Waals surface area contributed by atoms with Crippen LogP contribution >= 0.6 is 11.8 Å². The molecule has 0 aliphatic carbocycles. The van der Waals surface area contributed by atoms with Crippen LogP contribution in [0.25, 0.3) is 0 Å². The number of hydrogen-bond donors (Lipinski definition) is 2. The van der Waals surface area contributed by atoms with Crippen LogP contribution < -0.4 is 10.5 Å². The Morgan fingerprint density at radius 3 is 2.60 bits per heavy atom. The molecule has 3 N–H and O–H groups in total. The molecule has 1 aromatic carbocycles. The lowest BCUT2D eigenvalue weighted by Crippen LogP contribution is -2.31. The summed E-state index contributed by atoms with van der Waals surface area (Å²) in [4.78, 5) is 0.306. The maximum Gasteiger partial charge on any atom is 0.240 e. The van der Waals surface area contributed by atoms with Crippen molar-refractivity contribution in [1.82, 2.24) is 4.72 Å². The van der Waals surface area contributed by atoms with Crippen molar-refractivity contribution in [3.8, 4) is 0 Å². The number of sulfonamides is 1. The van der Waals surface area contributed by atoms with Crippen LogP contribution in [-0.4, -0.2) is 26.5 Å². The highest BCUT2D eigenvalue weighted by Gasteiger charge is 2.21. The van der Waals surface area contributed by atoms with Gasteiger partial charge in [0.25, 0.3) is 0 Å². The Bertz CT molecular complexity index is 579. The average molecular weight is 314 g/mol. The monoisotopic (exact) mass is 314 g/mol. The SMILES string of the molecule is Cc1cc(N)cc(S(=O)(=O)NCC2CCSCC2)c1C. The van der Waals surface area contributed by atoms with Gasteiger partial charge in [-0.1, -0.05) is 0 Å². The van der Waals surface area contributed by atoms with Crippen LogP contribution in [0.4, 0.5) is 5.69 Å². The van der Waals surface area contributed by atoms with E-state index in [9.17, 15) is 8.42 Å². The molecule has 0 atom stereocenters. The molecule has 1 fully saturated rings. The highest BCUT2D eigenvalue weighted by atomic mass is 32.2. The van der Waals surface area contributed by atoms with E-state index in [1.807, 2.05) is 25.6 Å². The predicted molar refractivity (Wildman–Crippen MR) is 85.6 cm³/mol. The number of nitrogens with two attached hydrogens (primary N) is 1. The van der Waals surface area contributed by atoms with Gasteiger partial charge in [0.05, 0.1) is 4.90 Å². The number of aryl methyl sites for hydroxylation is 1. The van der Waals surface area contributed by atoms with Gasteiger partial charge in [-0.25, -0.2) is 13.1 Å². The van der Waals surface area contributed by atoms with Crippen LogP contribution in [0.3, 0.4) is 0 Å². The molecule has 0 spiro atoms. The van der Waals surface area contributed by atoms with E-state index < -0.39 is 10.0 Å². The molecule has 1 aliphatic heterocycles. The second kappa shape index (κ2) is 6.37. The maximum absolute atomic E-state index is 12.4. The molecule has 20 heavy (non-hydrogen) atoms. The largest absolute Gasteiger partial charge is 0.399 e. The molecule has 0 amide bonds. The van der Waals surface area contributed by atoms with Crippen molar-refractivity contribution in [3.63, 3.8) is 0 Å². The normalized spacial score (nSPS) is 17.3. The second-order valence-electron chi connectivity index (χ2n) is 5.37. The van der Waals surface area contributed by atoms with E-state index in [4.69, 9.17) is 5.73 Å². The van der Waals surface area contributed by atoms with E-state index >= 15 is 0 Å². The number of thioether (sulfide) groups is 1. The van der Waals surface area contributed by atoms with E-state index in [1.165, 1.54) is 0 Å². The molecular weight excluding hydrogens is 292 g/mol. The Balaban J connectivity index is 2.14. The summed E-state index contributed by atoms with van der Waals surface area (Å²) >= 11 is 1.94. The molecule has 0 bridgehead atoms. The first-order valence-electron chi connectivity index (χ1n) is 6.84. The zero-order valence-electron chi connectivity index (χ0n) is 12.0. The molecule has 2 rings (SSSR count). The Morgan fingerprint density at radius 1 is 1.30 bits per heavy atom. The lowest BCUT2D eigenvalue weighted by atomic mass is 10.0. The molecule has 0 unspecified atom stereocenters. The van der Waals surface area contributed by atoms with Crippen molar-refractivity contribution >= 4 is 27.5 Å². The van der Waals surface area contributed by atoms with Crippen molar-refractivity contribution in [2.24, 2.45) is 5.92 Å². The van der Waals surface area contributed by atoms with Gasteiger partial charge in [0.2, 0.25) is 10.0 Å². The minimum absolute atomic E-state index is 0.306. The number of hydrogen-bond acceptors (Lipinski definition) is 4. The Morgan fingerprint density at radius 2 is 1.95 bits per heavy atom. The van der Waals surface area contributed by atoms with Crippen molar-refractivity contribution < 1.29 is 8.42 Å². The van der Waals surface area contributed by atoms with E-state index in [-0.39, 0.29) is 0 Å². The fourth-order valence-electron chi connectivity index (χ4n) is 2.39. The third-order valence-electron chi connectivity index (χ3n) is 3.83. The molecule has 1 aliphatic rings. The summed E-state index contributed by atoms with van der Waals surface area (Å²) in [5.41, 5.74) is 7.93. The third kappa shape index (κ3) is 3.68. The van der Waals surface area contributed by atoms with Gasteiger partial charge in [0, 0.05) is 12.2 Å². The Kier molecular flexibility index (Phi) is 4.99. The fourth-order valence-corrected chi connectivity index (χ4v) is 5.06. The molecule has 112 valence electrons. The van der Waals surface area contributed by atoms with Crippen LogP contribution in [0.15, 0.2) is 17.0 Å². The standard InChI is InChI=1S/C14H22N2O2S2/c1-10-7-13(15)8-14(11(10)2)20(17,18)16-9-12-3-5-19-6-4-12/h7-8,12,16H,3-6,9,15H2,1-2H3. The summed E-state index contributed by atoms with van der Waals surface area (Å²) in [6.45, 7) is 4.22. The third-order valence-corrected chi connectivity index (χ3v) is 6.43. The topological polar surface area (TPSA) is 72.2 Å². The van der Waals surface area contributed by atoms with Gasteiger partial charge in [-0.2, -0.15) is 11.8 Å². The second-order valence-corrected chi connectivity index (χ2v) is 8.33. The van der Waals surface area contributed by atoms with Crippen molar-refractivity contribution in [2.75, 3.05) is 23.8 Å². The van der Waals surface area contributed by atoms with E-state index in [0.29, 0.717) is 23.0 Å². The summed E-state index contributed by atoms with van der Waals surface area (Å²) in [7, 11) is -3.47. The number of nitrogens with one attached hydrogen (secondary N) is 1. The molecule has 0 aromatic heterocycles. The molecule has 0 radical (unpaired) electrons. The average Bonchev–Trinajstić information content (AvgIpc) is 2.42. The maximum atomic E-state index is 12.4. The van der Waals surface area contributed by atoms with Crippen molar-refractivity contribution in [3.05, 3.63) is 23.3 Å². The number of nitrogen functional groups attached to an aromatic ring is 1. The minimum atomic E-state index is -3.47.